The fraction of sp³-hybridized carbons (Fsp3) is 0.333. The predicted molar refractivity (Wildman–Crippen MR) is 61.1 cm³/mol. The van der Waals surface area contributed by atoms with Gasteiger partial charge in [-0.3, -0.25) is 0 Å². The molecule has 1 heterocycles. The first-order chi connectivity index (χ1) is 6.76. The fourth-order valence-electron chi connectivity index (χ4n) is 0.801. The highest BCUT2D eigenvalue weighted by molar-refractivity contribution is 9.10. The molecule has 0 radical (unpaired) electrons. The first-order valence-electron chi connectivity index (χ1n) is 4.07. The highest BCUT2D eigenvalue weighted by atomic mass is 79.9. The van der Waals surface area contributed by atoms with Crippen molar-refractivity contribution in [2.24, 2.45) is 0 Å². The third kappa shape index (κ3) is 3.66. The van der Waals surface area contributed by atoms with Crippen molar-refractivity contribution in [2.75, 3.05) is 12.8 Å². The molecule has 1 aromatic rings. The quantitative estimate of drug-likeness (QED) is 0.852. The molecule has 0 fully saturated rings. The van der Waals surface area contributed by atoms with E-state index in [-0.39, 0.29) is 6.04 Å². The Morgan fingerprint density at radius 3 is 3.00 bits per heavy atom. The Morgan fingerprint density at radius 1 is 1.71 bits per heavy atom. The number of thioether (sulfide) groups is 1. The molecule has 3 nitrogen and oxygen atoms in total. The molecule has 1 atom stereocenters. The molecule has 0 saturated carbocycles. The molecule has 1 unspecified atom stereocenters. The number of hydrogen-bond donors (Lipinski definition) is 1. The fourth-order valence-corrected chi connectivity index (χ4v) is 1.91. The van der Waals surface area contributed by atoms with E-state index >= 15 is 0 Å². The third-order valence-corrected chi connectivity index (χ3v) is 3.11. The molecule has 0 aliphatic rings. The zero-order valence-electron chi connectivity index (χ0n) is 7.70. The normalized spacial score (nSPS) is 12.1. The molecule has 5 heteroatoms. The van der Waals surface area contributed by atoms with Crippen molar-refractivity contribution in [1.29, 1.82) is 5.26 Å². The van der Waals surface area contributed by atoms with Crippen LogP contribution in [0.15, 0.2) is 27.8 Å². The maximum Gasteiger partial charge on any atom is 0.105 e. The van der Waals surface area contributed by atoms with E-state index in [9.17, 15) is 0 Å². The van der Waals surface area contributed by atoms with Gasteiger partial charge in [0.05, 0.1) is 11.1 Å². The Balaban J connectivity index is 2.46. The van der Waals surface area contributed by atoms with Crippen LogP contribution in [-0.2, 0) is 0 Å². The summed E-state index contributed by atoms with van der Waals surface area (Å²) < 4.78 is 0.965. The van der Waals surface area contributed by atoms with Crippen molar-refractivity contribution in [3.63, 3.8) is 0 Å². The maximum atomic E-state index is 8.69. The highest BCUT2D eigenvalue weighted by Crippen LogP contribution is 2.17. The topological polar surface area (TPSA) is 48.7 Å². The number of aromatic nitrogens is 1. The van der Waals surface area contributed by atoms with E-state index in [1.165, 1.54) is 0 Å². The van der Waals surface area contributed by atoms with Crippen LogP contribution in [0.1, 0.15) is 0 Å². The second kappa shape index (κ2) is 6.02. The van der Waals surface area contributed by atoms with Crippen molar-refractivity contribution < 1.29 is 0 Å². The summed E-state index contributed by atoms with van der Waals surface area (Å²) in [6.07, 6.45) is 1.75. The molecule has 0 aliphatic carbocycles. The van der Waals surface area contributed by atoms with Gasteiger partial charge in [0.2, 0.25) is 0 Å². The minimum atomic E-state index is -0.120. The lowest BCUT2D eigenvalue weighted by molar-refractivity contribution is 0.749. The van der Waals surface area contributed by atoms with E-state index in [0.717, 1.165) is 9.50 Å². The SMILES string of the molecule is CNC(C#N)CSc1ccc(Br)cn1. The largest absolute Gasteiger partial charge is 0.304 e. The Hall–Kier alpha value is -0.570. The lowest BCUT2D eigenvalue weighted by Crippen LogP contribution is -2.25. The van der Waals surface area contributed by atoms with Crippen LogP contribution < -0.4 is 5.32 Å². The second-order valence-electron chi connectivity index (χ2n) is 2.60. The van der Waals surface area contributed by atoms with Gasteiger partial charge in [-0.25, -0.2) is 4.98 Å². The molecule has 0 saturated heterocycles. The van der Waals surface area contributed by atoms with Crippen LogP contribution in [0.2, 0.25) is 0 Å². The standard InChI is InChI=1S/C9H10BrN3S/c1-12-8(4-11)6-14-9-3-2-7(10)5-13-9/h2-3,5,8,12H,6H2,1H3. The van der Waals surface area contributed by atoms with Crippen LogP contribution >= 0.6 is 27.7 Å². The summed E-state index contributed by atoms with van der Waals surface area (Å²) in [6, 6.07) is 5.91. The number of nitrogens with one attached hydrogen (secondary N) is 1. The molecule has 0 aromatic carbocycles. The number of nitrogens with zero attached hydrogens (tertiary/aromatic N) is 2. The third-order valence-electron chi connectivity index (χ3n) is 1.60. The monoisotopic (exact) mass is 271 g/mol. The Bertz CT molecular complexity index is 320. The van der Waals surface area contributed by atoms with Crippen LogP contribution in [0.5, 0.6) is 0 Å². The van der Waals surface area contributed by atoms with Gasteiger partial charge in [-0.05, 0) is 35.1 Å². The summed E-state index contributed by atoms with van der Waals surface area (Å²) in [5.74, 6) is 0.710. The molecule has 1 aromatic heterocycles. The smallest absolute Gasteiger partial charge is 0.105 e. The molecule has 0 aliphatic heterocycles. The minimum absolute atomic E-state index is 0.120. The van der Waals surface area contributed by atoms with Gasteiger partial charge >= 0.3 is 0 Å². The lowest BCUT2D eigenvalue weighted by Gasteiger charge is -2.05. The van der Waals surface area contributed by atoms with Crippen LogP contribution in [0, 0.1) is 11.3 Å². The van der Waals surface area contributed by atoms with Gasteiger partial charge in [-0.1, -0.05) is 0 Å². The van der Waals surface area contributed by atoms with E-state index < -0.39 is 0 Å². The average Bonchev–Trinajstić information content (AvgIpc) is 2.22. The molecule has 0 amide bonds. The second-order valence-corrected chi connectivity index (χ2v) is 4.55. The molecule has 0 bridgehead atoms. The molecule has 1 N–H and O–H groups in total. The van der Waals surface area contributed by atoms with Crippen molar-refractivity contribution in [2.45, 2.75) is 11.1 Å². The summed E-state index contributed by atoms with van der Waals surface area (Å²) in [4.78, 5) is 4.20. The molecule has 14 heavy (non-hydrogen) atoms. The van der Waals surface area contributed by atoms with E-state index in [0.29, 0.717) is 5.75 Å². The molecule has 1 rings (SSSR count). The summed E-state index contributed by atoms with van der Waals surface area (Å²) in [5.41, 5.74) is 0. The average molecular weight is 272 g/mol. The Labute approximate surface area is 96.0 Å². The summed E-state index contributed by atoms with van der Waals surface area (Å²) in [5, 5.41) is 12.5. The van der Waals surface area contributed by atoms with E-state index in [4.69, 9.17) is 5.26 Å². The Morgan fingerprint density at radius 2 is 2.50 bits per heavy atom. The maximum absolute atomic E-state index is 8.69. The van der Waals surface area contributed by atoms with Gasteiger partial charge in [-0.2, -0.15) is 5.26 Å². The molecular weight excluding hydrogens is 262 g/mol. The number of halogens is 1. The van der Waals surface area contributed by atoms with E-state index in [1.54, 1.807) is 25.0 Å². The van der Waals surface area contributed by atoms with E-state index in [2.05, 4.69) is 32.3 Å². The van der Waals surface area contributed by atoms with Crippen molar-refractivity contribution >= 4 is 27.7 Å². The number of pyridine rings is 1. The van der Waals surface area contributed by atoms with Gasteiger partial charge < -0.3 is 5.32 Å². The number of rotatable bonds is 4. The Kier molecular flexibility index (Phi) is 4.94. The van der Waals surface area contributed by atoms with Crippen molar-refractivity contribution in [3.05, 3.63) is 22.8 Å². The van der Waals surface area contributed by atoms with Gasteiger partial charge in [0, 0.05) is 16.4 Å². The molecular formula is C9H10BrN3S. The zero-order chi connectivity index (χ0) is 10.4. The van der Waals surface area contributed by atoms with Gasteiger partial charge in [0.1, 0.15) is 6.04 Å². The lowest BCUT2D eigenvalue weighted by atomic mass is 10.4. The highest BCUT2D eigenvalue weighted by Gasteiger charge is 2.04. The van der Waals surface area contributed by atoms with Gasteiger partial charge in [0.15, 0.2) is 0 Å². The van der Waals surface area contributed by atoms with Crippen LogP contribution in [0.3, 0.4) is 0 Å². The van der Waals surface area contributed by atoms with E-state index in [1.807, 2.05) is 12.1 Å². The van der Waals surface area contributed by atoms with Gasteiger partial charge in [-0.15, -0.1) is 11.8 Å². The van der Waals surface area contributed by atoms with Crippen LogP contribution in [0.4, 0.5) is 0 Å². The predicted octanol–water partition coefficient (Wildman–Crippen LogP) is 2.05. The number of nitriles is 1. The summed E-state index contributed by atoms with van der Waals surface area (Å²) >= 11 is 4.89. The first kappa shape index (κ1) is 11.5. The first-order valence-corrected chi connectivity index (χ1v) is 5.85. The van der Waals surface area contributed by atoms with Crippen molar-refractivity contribution in [3.8, 4) is 6.07 Å². The summed E-state index contributed by atoms with van der Waals surface area (Å²) in [6.45, 7) is 0. The molecule has 74 valence electrons. The molecule has 0 spiro atoms. The van der Waals surface area contributed by atoms with Crippen molar-refractivity contribution in [1.82, 2.24) is 10.3 Å². The van der Waals surface area contributed by atoms with Gasteiger partial charge in [0.25, 0.3) is 0 Å². The summed E-state index contributed by atoms with van der Waals surface area (Å²) in [7, 11) is 1.78. The minimum Gasteiger partial charge on any atom is -0.304 e. The van der Waals surface area contributed by atoms with Crippen LogP contribution in [-0.4, -0.2) is 23.8 Å². The van der Waals surface area contributed by atoms with Crippen LogP contribution in [0.25, 0.3) is 0 Å². The number of hydrogen-bond acceptors (Lipinski definition) is 4. The zero-order valence-corrected chi connectivity index (χ0v) is 10.1.